The van der Waals surface area contributed by atoms with E-state index in [1.165, 1.54) is 22.5 Å². The van der Waals surface area contributed by atoms with Crippen molar-refractivity contribution < 1.29 is 17.6 Å². The molecule has 2 heterocycles. The first-order chi connectivity index (χ1) is 16.8. The number of benzene rings is 2. The third kappa shape index (κ3) is 6.03. The van der Waals surface area contributed by atoms with Crippen LogP contribution in [0.15, 0.2) is 52.9 Å². The molecule has 10 heteroatoms. The number of amides is 1. The first kappa shape index (κ1) is 26.0. The van der Waals surface area contributed by atoms with Gasteiger partial charge < -0.3 is 9.64 Å². The number of carbonyl (C=O) groups is 1. The number of rotatable bonds is 7. The SMILES string of the molecule is CCN(CC)C1CCN(S(=O)(F)=Nc2ccc(C(=O)N3CCO[C@@H](c4ccccc4)C3)c(Cl)c2)C1. The van der Waals surface area contributed by atoms with Gasteiger partial charge in [-0.2, -0.15) is 12.9 Å². The summed E-state index contributed by atoms with van der Waals surface area (Å²) in [5.41, 5.74) is 1.45. The Labute approximate surface area is 212 Å². The number of morpholine rings is 1. The summed E-state index contributed by atoms with van der Waals surface area (Å²) in [7, 11) is -4.09. The molecule has 0 spiro atoms. The van der Waals surface area contributed by atoms with Gasteiger partial charge in [0.05, 0.1) is 29.4 Å². The van der Waals surface area contributed by atoms with Crippen LogP contribution in [0.4, 0.5) is 9.57 Å². The molecule has 0 aromatic heterocycles. The predicted octanol–water partition coefficient (Wildman–Crippen LogP) is 4.87. The number of halogens is 2. The van der Waals surface area contributed by atoms with Gasteiger partial charge in [-0.05, 0) is 43.3 Å². The van der Waals surface area contributed by atoms with E-state index in [1.807, 2.05) is 30.3 Å². The standard InChI is InChI=1S/C25H32ClFN4O3S/c1-3-29(4-2)21-12-13-31(17-21)35(27,33)28-20-10-11-22(23(26)16-20)25(32)30-14-15-34-24(18-30)19-8-6-5-7-9-19/h5-11,16,21,24H,3-4,12-15,17-18H2,1-2H3/t21?,24-,35?/m1/s1. The largest absolute Gasteiger partial charge is 0.370 e. The summed E-state index contributed by atoms with van der Waals surface area (Å²) in [6.07, 6.45) is 0.536. The van der Waals surface area contributed by atoms with E-state index < -0.39 is 10.3 Å². The van der Waals surface area contributed by atoms with Crippen molar-refractivity contribution in [3.05, 3.63) is 64.7 Å². The zero-order valence-electron chi connectivity index (χ0n) is 20.1. The summed E-state index contributed by atoms with van der Waals surface area (Å²) in [5.74, 6) is -0.228. The Balaban J connectivity index is 1.47. The number of ether oxygens (including phenoxy) is 1. The lowest BCUT2D eigenvalue weighted by molar-refractivity contribution is -0.0228. The molecule has 35 heavy (non-hydrogen) atoms. The van der Waals surface area contributed by atoms with Crippen LogP contribution in [-0.2, 0) is 15.0 Å². The molecule has 2 fully saturated rings. The second-order valence-corrected chi connectivity index (χ2v) is 10.7. The minimum absolute atomic E-state index is 0.148. The number of hydrogen-bond donors (Lipinski definition) is 0. The molecule has 2 aromatic rings. The lowest BCUT2D eigenvalue weighted by Crippen LogP contribution is -2.42. The minimum Gasteiger partial charge on any atom is -0.370 e. The predicted molar refractivity (Wildman–Crippen MR) is 137 cm³/mol. The molecule has 0 saturated carbocycles. The van der Waals surface area contributed by atoms with E-state index in [2.05, 4.69) is 23.1 Å². The molecule has 0 radical (unpaired) electrons. The molecule has 2 saturated heterocycles. The Morgan fingerprint density at radius 2 is 1.91 bits per heavy atom. The van der Waals surface area contributed by atoms with Crippen molar-refractivity contribution in [1.82, 2.24) is 14.1 Å². The quantitative estimate of drug-likeness (QED) is 0.487. The monoisotopic (exact) mass is 522 g/mol. The fourth-order valence-corrected chi connectivity index (χ4v) is 6.18. The Morgan fingerprint density at radius 3 is 2.60 bits per heavy atom. The van der Waals surface area contributed by atoms with E-state index in [0.29, 0.717) is 38.3 Å². The van der Waals surface area contributed by atoms with E-state index in [1.54, 1.807) is 4.90 Å². The van der Waals surface area contributed by atoms with Crippen molar-refractivity contribution in [3.63, 3.8) is 0 Å². The van der Waals surface area contributed by atoms with Crippen molar-refractivity contribution in [1.29, 1.82) is 0 Å². The summed E-state index contributed by atoms with van der Waals surface area (Å²) in [6, 6.07) is 14.3. The molecular formula is C25H32ClFN4O3S. The van der Waals surface area contributed by atoms with Crippen LogP contribution >= 0.6 is 11.6 Å². The molecule has 2 aromatic carbocycles. The van der Waals surface area contributed by atoms with Crippen LogP contribution in [0.25, 0.3) is 0 Å². The Hall–Kier alpha value is -2.04. The van der Waals surface area contributed by atoms with Crippen LogP contribution in [0.3, 0.4) is 0 Å². The van der Waals surface area contributed by atoms with E-state index >= 15 is 3.89 Å². The fourth-order valence-electron chi connectivity index (χ4n) is 4.75. The van der Waals surface area contributed by atoms with Crippen LogP contribution in [0.5, 0.6) is 0 Å². The van der Waals surface area contributed by atoms with Crippen LogP contribution in [0, 0.1) is 0 Å². The third-order valence-corrected chi connectivity index (χ3v) is 8.42. The molecular weight excluding hydrogens is 491 g/mol. The van der Waals surface area contributed by atoms with E-state index in [-0.39, 0.29) is 28.8 Å². The summed E-state index contributed by atoms with van der Waals surface area (Å²) in [4.78, 5) is 17.1. The lowest BCUT2D eigenvalue weighted by atomic mass is 10.1. The number of carbonyl (C=O) groups excluding carboxylic acids is 1. The van der Waals surface area contributed by atoms with Crippen molar-refractivity contribution in [2.24, 2.45) is 4.36 Å². The summed E-state index contributed by atoms with van der Waals surface area (Å²) < 4.78 is 39.0. The Morgan fingerprint density at radius 1 is 1.17 bits per heavy atom. The minimum atomic E-state index is -4.09. The van der Waals surface area contributed by atoms with Gasteiger partial charge >= 0.3 is 0 Å². The van der Waals surface area contributed by atoms with Crippen molar-refractivity contribution >= 4 is 33.5 Å². The van der Waals surface area contributed by atoms with E-state index in [4.69, 9.17) is 16.3 Å². The summed E-state index contributed by atoms with van der Waals surface area (Å²) in [5, 5.41) is 0.150. The fraction of sp³-hybridized carbons (Fsp3) is 0.480. The molecule has 190 valence electrons. The maximum atomic E-state index is 15.1. The molecule has 2 aliphatic rings. The second-order valence-electron chi connectivity index (χ2n) is 8.76. The van der Waals surface area contributed by atoms with Crippen molar-refractivity contribution in [3.8, 4) is 0 Å². The van der Waals surface area contributed by atoms with E-state index in [0.717, 1.165) is 25.1 Å². The van der Waals surface area contributed by atoms with Gasteiger partial charge in [0.1, 0.15) is 6.10 Å². The Kier molecular flexibility index (Phi) is 8.44. The topological polar surface area (TPSA) is 65.5 Å². The van der Waals surface area contributed by atoms with Gasteiger partial charge in [0.15, 0.2) is 0 Å². The van der Waals surface area contributed by atoms with E-state index in [9.17, 15) is 9.00 Å². The molecule has 0 aliphatic carbocycles. The van der Waals surface area contributed by atoms with Crippen molar-refractivity contribution in [2.45, 2.75) is 32.4 Å². The van der Waals surface area contributed by atoms with Gasteiger partial charge in [-0.1, -0.05) is 55.8 Å². The molecule has 1 amide bonds. The molecule has 7 nitrogen and oxygen atoms in total. The third-order valence-electron chi connectivity index (χ3n) is 6.70. The zero-order valence-corrected chi connectivity index (χ0v) is 21.7. The highest BCUT2D eigenvalue weighted by Crippen LogP contribution is 2.30. The number of likely N-dealkylation sites (N-methyl/N-ethyl adjacent to an activating group) is 1. The maximum Gasteiger partial charge on any atom is 0.275 e. The number of hydrogen-bond acceptors (Lipinski definition) is 5. The first-order valence-electron chi connectivity index (χ1n) is 12.0. The van der Waals surface area contributed by atoms with Crippen molar-refractivity contribution in [2.75, 3.05) is 45.9 Å². The molecule has 4 rings (SSSR count). The van der Waals surface area contributed by atoms with Crippen LogP contribution in [0.1, 0.15) is 42.3 Å². The van der Waals surface area contributed by atoms with Gasteiger partial charge in [0, 0.05) is 25.7 Å². The second kappa shape index (κ2) is 11.3. The average molecular weight is 523 g/mol. The first-order valence-corrected chi connectivity index (χ1v) is 13.8. The number of nitrogens with zero attached hydrogens (tertiary/aromatic N) is 4. The lowest BCUT2D eigenvalue weighted by Gasteiger charge is -2.33. The molecule has 3 atom stereocenters. The highest BCUT2D eigenvalue weighted by atomic mass is 35.5. The maximum absolute atomic E-state index is 15.1. The molecule has 0 bridgehead atoms. The summed E-state index contributed by atoms with van der Waals surface area (Å²) in [6.45, 7) is 7.87. The van der Waals surface area contributed by atoms with Gasteiger partial charge in [-0.25, -0.2) is 0 Å². The molecule has 2 unspecified atom stereocenters. The van der Waals surface area contributed by atoms with Crippen LogP contribution < -0.4 is 0 Å². The Bertz CT molecular complexity index is 1150. The zero-order chi connectivity index (χ0) is 25.0. The summed E-state index contributed by atoms with van der Waals surface area (Å²) >= 11 is 6.41. The molecule has 2 aliphatic heterocycles. The average Bonchev–Trinajstić information content (AvgIpc) is 3.36. The van der Waals surface area contributed by atoms with Crippen LogP contribution in [-0.4, -0.2) is 76.1 Å². The van der Waals surface area contributed by atoms with Crippen LogP contribution in [0.2, 0.25) is 5.02 Å². The van der Waals surface area contributed by atoms with Gasteiger partial charge in [0.2, 0.25) is 0 Å². The highest BCUT2D eigenvalue weighted by Gasteiger charge is 2.33. The smallest absolute Gasteiger partial charge is 0.275 e. The van der Waals surface area contributed by atoms with Gasteiger partial charge in [-0.15, -0.1) is 3.89 Å². The molecule has 0 N–H and O–H groups in total. The normalized spacial score (nSPS) is 22.8. The van der Waals surface area contributed by atoms with Gasteiger partial charge in [-0.3, -0.25) is 9.69 Å². The van der Waals surface area contributed by atoms with Gasteiger partial charge in [0.25, 0.3) is 16.2 Å². The highest BCUT2D eigenvalue weighted by molar-refractivity contribution is 7.86.